The van der Waals surface area contributed by atoms with E-state index in [2.05, 4.69) is 36.5 Å². The van der Waals surface area contributed by atoms with Crippen molar-refractivity contribution in [3.8, 4) is 0 Å². The third-order valence-electron chi connectivity index (χ3n) is 4.69. The molecule has 2 heteroatoms. The number of rotatable bonds is 3. The molecule has 21 heavy (non-hydrogen) atoms. The quantitative estimate of drug-likeness (QED) is 0.902. The van der Waals surface area contributed by atoms with Crippen LogP contribution >= 0.6 is 0 Å². The molecule has 0 bridgehead atoms. The Morgan fingerprint density at radius 3 is 2.71 bits per heavy atom. The van der Waals surface area contributed by atoms with Gasteiger partial charge in [0, 0.05) is 6.04 Å². The molecule has 1 fully saturated rings. The lowest BCUT2D eigenvalue weighted by Gasteiger charge is -2.29. The van der Waals surface area contributed by atoms with Crippen molar-refractivity contribution in [1.82, 2.24) is 5.32 Å². The predicted molar refractivity (Wildman–Crippen MR) is 87.2 cm³/mol. The van der Waals surface area contributed by atoms with Gasteiger partial charge < -0.3 is 5.32 Å². The van der Waals surface area contributed by atoms with E-state index in [0.29, 0.717) is 18.4 Å². The van der Waals surface area contributed by atoms with Crippen molar-refractivity contribution in [3.63, 3.8) is 0 Å². The minimum absolute atomic E-state index is 0.158. The number of carbonyl (C=O) groups is 1. The largest absolute Gasteiger partial charge is 0.353 e. The molecule has 1 aliphatic rings. The number of nitrogens with one attached hydrogen (secondary N) is 1. The summed E-state index contributed by atoms with van der Waals surface area (Å²) in [6, 6.07) is 14.8. The van der Waals surface area contributed by atoms with E-state index in [9.17, 15) is 4.79 Å². The second-order valence-electron chi connectivity index (χ2n) is 6.25. The van der Waals surface area contributed by atoms with E-state index >= 15 is 0 Å². The first-order valence-electron chi connectivity index (χ1n) is 8.00. The lowest BCUT2D eigenvalue weighted by atomic mass is 9.86. The Bertz CT molecular complexity index is 629. The van der Waals surface area contributed by atoms with Crippen molar-refractivity contribution in [1.29, 1.82) is 0 Å². The zero-order valence-corrected chi connectivity index (χ0v) is 12.6. The van der Waals surface area contributed by atoms with E-state index < -0.39 is 0 Å². The summed E-state index contributed by atoms with van der Waals surface area (Å²) in [5.74, 6) is 0.764. The van der Waals surface area contributed by atoms with E-state index in [0.717, 1.165) is 12.0 Å². The molecule has 2 aromatic carbocycles. The van der Waals surface area contributed by atoms with Crippen LogP contribution in [0.1, 0.15) is 38.2 Å². The number of hydrogen-bond donors (Lipinski definition) is 1. The predicted octanol–water partition coefficient (Wildman–Crippen LogP) is 4.08. The molecule has 1 aliphatic carbocycles. The molecule has 0 aliphatic heterocycles. The average Bonchev–Trinajstić information content (AvgIpc) is 2.50. The Morgan fingerprint density at radius 1 is 1.10 bits per heavy atom. The van der Waals surface area contributed by atoms with Crippen molar-refractivity contribution >= 4 is 16.7 Å². The first-order valence-corrected chi connectivity index (χ1v) is 8.00. The summed E-state index contributed by atoms with van der Waals surface area (Å²) < 4.78 is 0. The van der Waals surface area contributed by atoms with Gasteiger partial charge in [-0.15, -0.1) is 0 Å². The van der Waals surface area contributed by atoms with Gasteiger partial charge in [-0.05, 0) is 35.1 Å². The van der Waals surface area contributed by atoms with Crippen LogP contribution in [-0.4, -0.2) is 11.9 Å². The molecule has 0 unspecified atom stereocenters. The zero-order chi connectivity index (χ0) is 14.7. The number of fused-ring (bicyclic) bond motifs is 1. The summed E-state index contributed by atoms with van der Waals surface area (Å²) >= 11 is 0. The van der Waals surface area contributed by atoms with Crippen LogP contribution in [0, 0.1) is 5.92 Å². The average molecular weight is 281 g/mol. The van der Waals surface area contributed by atoms with E-state index in [4.69, 9.17) is 0 Å². The molecule has 2 nitrogen and oxygen atoms in total. The van der Waals surface area contributed by atoms with Crippen molar-refractivity contribution in [3.05, 3.63) is 48.0 Å². The highest BCUT2D eigenvalue weighted by molar-refractivity contribution is 5.90. The number of hydrogen-bond acceptors (Lipinski definition) is 1. The molecule has 0 spiro atoms. The van der Waals surface area contributed by atoms with Gasteiger partial charge >= 0.3 is 0 Å². The van der Waals surface area contributed by atoms with Gasteiger partial charge in [0.2, 0.25) is 5.91 Å². The third kappa shape index (κ3) is 3.26. The standard InChI is InChI=1S/C19H23NO/c1-14-7-2-5-12-18(14)20-19(21)13-16-10-6-9-15-8-3-4-11-17(15)16/h3-4,6,8-11,14,18H,2,5,7,12-13H2,1H3,(H,20,21)/t14-,18+/m0/s1. The Labute approximate surface area is 126 Å². The smallest absolute Gasteiger partial charge is 0.224 e. The monoisotopic (exact) mass is 281 g/mol. The fourth-order valence-corrected chi connectivity index (χ4v) is 3.41. The van der Waals surface area contributed by atoms with Crippen LogP contribution in [0.3, 0.4) is 0 Å². The van der Waals surface area contributed by atoms with Gasteiger partial charge in [-0.3, -0.25) is 4.79 Å². The van der Waals surface area contributed by atoms with Gasteiger partial charge in [0.05, 0.1) is 6.42 Å². The Morgan fingerprint density at radius 2 is 1.86 bits per heavy atom. The van der Waals surface area contributed by atoms with E-state index in [-0.39, 0.29) is 5.91 Å². The highest BCUT2D eigenvalue weighted by atomic mass is 16.1. The van der Waals surface area contributed by atoms with Gasteiger partial charge in [-0.2, -0.15) is 0 Å². The lowest BCUT2D eigenvalue weighted by molar-refractivity contribution is -0.121. The van der Waals surface area contributed by atoms with E-state index in [1.165, 1.54) is 30.0 Å². The zero-order valence-electron chi connectivity index (χ0n) is 12.6. The van der Waals surface area contributed by atoms with Crippen LogP contribution < -0.4 is 5.32 Å². The molecule has 2 aromatic rings. The first kappa shape index (κ1) is 14.1. The molecule has 2 atom stereocenters. The molecule has 0 aromatic heterocycles. The minimum Gasteiger partial charge on any atom is -0.353 e. The molecule has 1 amide bonds. The van der Waals surface area contributed by atoms with Crippen LogP contribution in [0.2, 0.25) is 0 Å². The van der Waals surface area contributed by atoms with E-state index in [1.807, 2.05) is 18.2 Å². The normalized spacial score (nSPS) is 22.1. The molecule has 0 saturated heterocycles. The Balaban J connectivity index is 1.71. The van der Waals surface area contributed by atoms with E-state index in [1.54, 1.807) is 0 Å². The second-order valence-corrected chi connectivity index (χ2v) is 6.25. The molecule has 0 radical (unpaired) electrons. The Kier molecular flexibility index (Phi) is 4.23. The van der Waals surface area contributed by atoms with Crippen molar-refractivity contribution in [2.75, 3.05) is 0 Å². The summed E-state index contributed by atoms with van der Waals surface area (Å²) in [7, 11) is 0. The first-order chi connectivity index (χ1) is 10.2. The maximum Gasteiger partial charge on any atom is 0.224 e. The maximum atomic E-state index is 12.4. The molecular formula is C19H23NO. The molecule has 3 rings (SSSR count). The summed E-state index contributed by atoms with van der Waals surface area (Å²) in [6.45, 7) is 2.25. The highest BCUT2D eigenvalue weighted by Gasteiger charge is 2.22. The summed E-state index contributed by atoms with van der Waals surface area (Å²) in [4.78, 5) is 12.4. The number of benzene rings is 2. The third-order valence-corrected chi connectivity index (χ3v) is 4.69. The lowest BCUT2D eigenvalue weighted by Crippen LogP contribution is -2.41. The van der Waals surface area contributed by atoms with Gasteiger partial charge in [0.15, 0.2) is 0 Å². The van der Waals surface area contributed by atoms with Crippen LogP contribution in [-0.2, 0) is 11.2 Å². The van der Waals surface area contributed by atoms with Crippen LogP contribution in [0.25, 0.3) is 10.8 Å². The summed E-state index contributed by atoms with van der Waals surface area (Å²) in [6.07, 6.45) is 5.38. The second kappa shape index (κ2) is 6.30. The maximum absolute atomic E-state index is 12.4. The molecule has 1 N–H and O–H groups in total. The molecule has 0 heterocycles. The van der Waals surface area contributed by atoms with Crippen LogP contribution in [0.4, 0.5) is 0 Å². The van der Waals surface area contributed by atoms with Gasteiger partial charge in [-0.25, -0.2) is 0 Å². The minimum atomic E-state index is 0.158. The van der Waals surface area contributed by atoms with Gasteiger partial charge in [-0.1, -0.05) is 62.2 Å². The SMILES string of the molecule is C[C@H]1CCCC[C@H]1NC(=O)Cc1cccc2ccccc12. The van der Waals surface area contributed by atoms with Crippen molar-refractivity contribution < 1.29 is 4.79 Å². The molecule has 1 saturated carbocycles. The summed E-state index contributed by atoms with van der Waals surface area (Å²) in [5, 5.41) is 5.63. The fraction of sp³-hybridized carbons (Fsp3) is 0.421. The molecular weight excluding hydrogens is 258 g/mol. The topological polar surface area (TPSA) is 29.1 Å². The fourth-order valence-electron chi connectivity index (χ4n) is 3.41. The van der Waals surface area contributed by atoms with Gasteiger partial charge in [0.1, 0.15) is 0 Å². The van der Waals surface area contributed by atoms with Gasteiger partial charge in [0.25, 0.3) is 0 Å². The number of carbonyl (C=O) groups excluding carboxylic acids is 1. The van der Waals surface area contributed by atoms with Crippen molar-refractivity contribution in [2.45, 2.75) is 45.1 Å². The Hall–Kier alpha value is -1.83. The highest BCUT2D eigenvalue weighted by Crippen LogP contribution is 2.24. The van der Waals surface area contributed by atoms with Crippen molar-refractivity contribution in [2.24, 2.45) is 5.92 Å². The number of amides is 1. The molecule has 110 valence electrons. The summed E-state index contributed by atoms with van der Waals surface area (Å²) in [5.41, 5.74) is 1.12. The van der Waals surface area contributed by atoms with Crippen LogP contribution in [0.5, 0.6) is 0 Å². The van der Waals surface area contributed by atoms with Crippen LogP contribution in [0.15, 0.2) is 42.5 Å².